The van der Waals surface area contributed by atoms with Crippen molar-refractivity contribution in [2.24, 2.45) is 0 Å². The normalized spacial score (nSPS) is 22.4. The maximum atomic E-state index is 11.9. The van der Waals surface area contributed by atoms with E-state index in [-0.39, 0.29) is 18.1 Å². The maximum Gasteiger partial charge on any atom is 0.251 e. The molecule has 21 heavy (non-hydrogen) atoms. The Bertz CT molecular complexity index is 490. The smallest absolute Gasteiger partial charge is 0.251 e. The number of nitrogen functional groups attached to an aromatic ring is 1. The SMILES string of the molecule is CCNC(=O)c1ccc(N)c(NC2CCCCCC2O)c1. The first-order chi connectivity index (χ1) is 10.1. The summed E-state index contributed by atoms with van der Waals surface area (Å²) >= 11 is 0. The van der Waals surface area contributed by atoms with Gasteiger partial charge in [0.05, 0.1) is 23.5 Å². The van der Waals surface area contributed by atoms with Crippen molar-refractivity contribution in [3.8, 4) is 0 Å². The van der Waals surface area contributed by atoms with Crippen molar-refractivity contribution in [1.82, 2.24) is 5.32 Å². The molecule has 5 nitrogen and oxygen atoms in total. The molecule has 2 atom stereocenters. The minimum atomic E-state index is -0.361. The molecular formula is C16H25N3O2. The number of nitrogens with one attached hydrogen (secondary N) is 2. The molecule has 1 aromatic carbocycles. The van der Waals surface area contributed by atoms with Crippen molar-refractivity contribution in [1.29, 1.82) is 0 Å². The van der Waals surface area contributed by atoms with Gasteiger partial charge in [-0.2, -0.15) is 0 Å². The zero-order valence-corrected chi connectivity index (χ0v) is 12.6. The van der Waals surface area contributed by atoms with Crippen LogP contribution in [0.25, 0.3) is 0 Å². The summed E-state index contributed by atoms with van der Waals surface area (Å²) in [5.74, 6) is -0.109. The Kier molecular flexibility index (Phi) is 5.44. The predicted molar refractivity (Wildman–Crippen MR) is 85.4 cm³/mol. The second-order valence-corrected chi connectivity index (χ2v) is 5.62. The molecule has 5 N–H and O–H groups in total. The molecule has 0 saturated heterocycles. The third kappa shape index (κ3) is 4.11. The van der Waals surface area contributed by atoms with Gasteiger partial charge in [-0.05, 0) is 38.0 Å². The third-order valence-corrected chi connectivity index (χ3v) is 3.97. The number of aliphatic hydroxyl groups is 1. The first-order valence-electron chi connectivity index (χ1n) is 7.74. The van der Waals surface area contributed by atoms with Crippen molar-refractivity contribution in [2.75, 3.05) is 17.6 Å². The number of benzene rings is 1. The van der Waals surface area contributed by atoms with Gasteiger partial charge in [0, 0.05) is 12.1 Å². The van der Waals surface area contributed by atoms with E-state index in [1.54, 1.807) is 18.2 Å². The van der Waals surface area contributed by atoms with Crippen LogP contribution in [0.15, 0.2) is 18.2 Å². The Morgan fingerprint density at radius 3 is 2.86 bits per heavy atom. The van der Waals surface area contributed by atoms with Crippen LogP contribution in [0.1, 0.15) is 49.4 Å². The summed E-state index contributed by atoms with van der Waals surface area (Å²) in [4.78, 5) is 11.9. The van der Waals surface area contributed by atoms with E-state index in [1.165, 1.54) is 0 Å². The number of amides is 1. The van der Waals surface area contributed by atoms with Crippen molar-refractivity contribution < 1.29 is 9.90 Å². The van der Waals surface area contributed by atoms with E-state index in [2.05, 4.69) is 10.6 Å². The molecule has 0 aliphatic heterocycles. The van der Waals surface area contributed by atoms with Gasteiger partial charge in [-0.3, -0.25) is 4.79 Å². The number of carbonyl (C=O) groups is 1. The average molecular weight is 291 g/mol. The summed E-state index contributed by atoms with van der Waals surface area (Å²) in [5.41, 5.74) is 7.89. The van der Waals surface area contributed by atoms with Crippen LogP contribution < -0.4 is 16.4 Å². The van der Waals surface area contributed by atoms with Crippen LogP contribution >= 0.6 is 0 Å². The quantitative estimate of drug-likeness (QED) is 0.505. The Morgan fingerprint density at radius 1 is 1.33 bits per heavy atom. The lowest BCUT2D eigenvalue weighted by Crippen LogP contribution is -2.33. The second kappa shape index (κ2) is 7.31. The summed E-state index contributed by atoms with van der Waals surface area (Å²) in [6.07, 6.45) is 4.70. The van der Waals surface area contributed by atoms with Crippen LogP contribution in [0.5, 0.6) is 0 Å². The van der Waals surface area contributed by atoms with E-state index in [0.717, 1.165) is 37.8 Å². The van der Waals surface area contributed by atoms with E-state index in [9.17, 15) is 9.90 Å². The van der Waals surface area contributed by atoms with E-state index in [4.69, 9.17) is 5.73 Å². The van der Waals surface area contributed by atoms with Gasteiger partial charge >= 0.3 is 0 Å². The summed E-state index contributed by atoms with van der Waals surface area (Å²) in [6, 6.07) is 5.21. The van der Waals surface area contributed by atoms with Gasteiger partial charge < -0.3 is 21.5 Å². The molecule has 2 unspecified atom stereocenters. The van der Waals surface area contributed by atoms with Crippen molar-refractivity contribution in [3.63, 3.8) is 0 Å². The lowest BCUT2D eigenvalue weighted by molar-refractivity contribution is 0.0956. The first kappa shape index (κ1) is 15.6. The summed E-state index contributed by atoms with van der Waals surface area (Å²) < 4.78 is 0. The minimum Gasteiger partial charge on any atom is -0.397 e. The number of nitrogens with two attached hydrogens (primary N) is 1. The molecular weight excluding hydrogens is 266 g/mol. The molecule has 2 rings (SSSR count). The Balaban J connectivity index is 2.14. The number of hydrogen-bond acceptors (Lipinski definition) is 4. The molecule has 0 radical (unpaired) electrons. The fourth-order valence-corrected chi connectivity index (χ4v) is 2.74. The van der Waals surface area contributed by atoms with Gasteiger partial charge in [0.25, 0.3) is 5.91 Å². The highest BCUT2D eigenvalue weighted by Gasteiger charge is 2.22. The molecule has 0 spiro atoms. The Morgan fingerprint density at radius 2 is 2.10 bits per heavy atom. The molecule has 1 saturated carbocycles. The molecule has 1 aliphatic rings. The molecule has 1 fully saturated rings. The molecule has 0 heterocycles. The second-order valence-electron chi connectivity index (χ2n) is 5.62. The molecule has 5 heteroatoms. The number of aliphatic hydroxyl groups excluding tert-OH is 1. The zero-order chi connectivity index (χ0) is 15.2. The van der Waals surface area contributed by atoms with Gasteiger partial charge in [-0.15, -0.1) is 0 Å². The van der Waals surface area contributed by atoms with Crippen molar-refractivity contribution >= 4 is 17.3 Å². The molecule has 1 aliphatic carbocycles. The largest absolute Gasteiger partial charge is 0.397 e. The van der Waals surface area contributed by atoms with E-state index < -0.39 is 0 Å². The maximum absolute atomic E-state index is 11.9. The van der Waals surface area contributed by atoms with Crippen LogP contribution in [0.4, 0.5) is 11.4 Å². The number of hydrogen-bond donors (Lipinski definition) is 4. The number of anilines is 2. The molecule has 1 aromatic rings. The van der Waals surface area contributed by atoms with Crippen LogP contribution in [-0.4, -0.2) is 29.7 Å². The van der Waals surface area contributed by atoms with Gasteiger partial charge in [0.2, 0.25) is 0 Å². The number of carbonyl (C=O) groups excluding carboxylic acids is 1. The van der Waals surface area contributed by atoms with Gasteiger partial charge in [-0.1, -0.05) is 19.3 Å². The lowest BCUT2D eigenvalue weighted by Gasteiger charge is -2.24. The zero-order valence-electron chi connectivity index (χ0n) is 12.6. The van der Waals surface area contributed by atoms with Crippen LogP contribution in [0, 0.1) is 0 Å². The number of rotatable bonds is 4. The van der Waals surface area contributed by atoms with Crippen molar-refractivity contribution in [2.45, 2.75) is 51.2 Å². The van der Waals surface area contributed by atoms with E-state index in [0.29, 0.717) is 17.8 Å². The molecule has 1 amide bonds. The highest BCUT2D eigenvalue weighted by Crippen LogP contribution is 2.26. The molecule has 0 bridgehead atoms. The minimum absolute atomic E-state index is 0.000661. The van der Waals surface area contributed by atoms with Gasteiger partial charge in [-0.25, -0.2) is 0 Å². The van der Waals surface area contributed by atoms with Crippen molar-refractivity contribution in [3.05, 3.63) is 23.8 Å². The topological polar surface area (TPSA) is 87.4 Å². The highest BCUT2D eigenvalue weighted by molar-refractivity contribution is 5.96. The van der Waals surface area contributed by atoms with Gasteiger partial charge in [0.15, 0.2) is 0 Å². The average Bonchev–Trinajstić information content (AvgIpc) is 2.66. The molecule has 0 aromatic heterocycles. The monoisotopic (exact) mass is 291 g/mol. The summed E-state index contributed by atoms with van der Waals surface area (Å²) in [5, 5.41) is 16.3. The lowest BCUT2D eigenvalue weighted by atomic mass is 10.0. The Hall–Kier alpha value is -1.75. The highest BCUT2D eigenvalue weighted by atomic mass is 16.3. The van der Waals surface area contributed by atoms with E-state index >= 15 is 0 Å². The third-order valence-electron chi connectivity index (χ3n) is 3.97. The predicted octanol–water partition coefficient (Wildman–Crippen LogP) is 2.12. The fourth-order valence-electron chi connectivity index (χ4n) is 2.74. The van der Waals surface area contributed by atoms with Crippen LogP contribution in [0.3, 0.4) is 0 Å². The summed E-state index contributed by atoms with van der Waals surface area (Å²) in [7, 11) is 0. The van der Waals surface area contributed by atoms with E-state index in [1.807, 2.05) is 6.92 Å². The van der Waals surface area contributed by atoms with Gasteiger partial charge in [0.1, 0.15) is 0 Å². The molecule has 116 valence electrons. The first-order valence-corrected chi connectivity index (χ1v) is 7.74. The summed E-state index contributed by atoms with van der Waals surface area (Å²) in [6.45, 7) is 2.48. The standard InChI is InChI=1S/C16H25N3O2/c1-2-18-16(21)11-8-9-12(17)14(10-11)19-13-6-4-3-5-7-15(13)20/h8-10,13,15,19-20H,2-7,17H2,1H3,(H,18,21). The fraction of sp³-hybridized carbons (Fsp3) is 0.562. The Labute approximate surface area is 125 Å². The van der Waals surface area contributed by atoms with Crippen LogP contribution in [0.2, 0.25) is 0 Å². The van der Waals surface area contributed by atoms with Crippen LogP contribution in [-0.2, 0) is 0 Å².